The van der Waals surface area contributed by atoms with Crippen molar-refractivity contribution in [2.24, 2.45) is 10.7 Å². The third-order valence-corrected chi connectivity index (χ3v) is 3.70. The molecule has 0 saturated carbocycles. The monoisotopic (exact) mass is 464 g/mol. The number of nitrogens with zero attached hydrogens (tertiary/aromatic N) is 2. The van der Waals surface area contributed by atoms with Crippen molar-refractivity contribution in [3.8, 4) is 11.5 Å². The van der Waals surface area contributed by atoms with Crippen molar-refractivity contribution >= 4 is 35.6 Å². The van der Waals surface area contributed by atoms with E-state index in [1.165, 1.54) is 32.2 Å². The predicted molar refractivity (Wildman–Crippen MR) is 117 cm³/mol. The summed E-state index contributed by atoms with van der Waals surface area (Å²) in [6, 6.07) is 5.56. The number of nitrogens with one attached hydrogen (secondary N) is 1. The maximum absolute atomic E-state index is 5.92. The Kier molecular flexibility index (Phi) is 13.3. The molecule has 1 rings (SSSR count). The number of ether oxygens (including phenoxy) is 2. The van der Waals surface area contributed by atoms with Gasteiger partial charge in [0, 0.05) is 18.3 Å². The van der Waals surface area contributed by atoms with Gasteiger partial charge in [0.1, 0.15) is 0 Å². The van der Waals surface area contributed by atoms with Crippen LogP contribution in [0.3, 0.4) is 0 Å². The Morgan fingerprint density at radius 1 is 1.04 bits per heavy atom. The Morgan fingerprint density at radius 3 is 2.32 bits per heavy atom. The molecule has 3 N–H and O–H groups in total. The van der Waals surface area contributed by atoms with Gasteiger partial charge in [0.25, 0.3) is 0 Å². The third kappa shape index (κ3) is 10.4. The number of guanidine groups is 1. The Labute approximate surface area is 169 Å². The summed E-state index contributed by atoms with van der Waals surface area (Å²) >= 11 is 0. The van der Waals surface area contributed by atoms with Gasteiger partial charge in [-0.25, -0.2) is 0 Å². The van der Waals surface area contributed by atoms with E-state index in [2.05, 4.69) is 29.3 Å². The van der Waals surface area contributed by atoms with E-state index in [1.807, 2.05) is 18.2 Å². The summed E-state index contributed by atoms with van der Waals surface area (Å²) in [5.74, 6) is 1.77. The van der Waals surface area contributed by atoms with Crippen LogP contribution in [0.2, 0.25) is 0 Å². The van der Waals surface area contributed by atoms with Crippen molar-refractivity contribution in [1.29, 1.82) is 0 Å². The summed E-state index contributed by atoms with van der Waals surface area (Å²) < 4.78 is 10.5. The van der Waals surface area contributed by atoms with Crippen LogP contribution < -0.4 is 20.5 Å². The highest BCUT2D eigenvalue weighted by atomic mass is 127. The molecule has 0 spiro atoms. The zero-order valence-electron chi connectivity index (χ0n) is 15.9. The van der Waals surface area contributed by atoms with E-state index >= 15 is 0 Å². The highest BCUT2D eigenvalue weighted by Gasteiger charge is 2.04. The summed E-state index contributed by atoms with van der Waals surface area (Å²) in [4.78, 5) is 6.59. The van der Waals surface area contributed by atoms with Crippen LogP contribution in [0.1, 0.15) is 32.1 Å². The average Bonchev–Trinajstić information content (AvgIpc) is 2.56. The van der Waals surface area contributed by atoms with Crippen LogP contribution in [0.4, 0.5) is 5.69 Å². The molecule has 0 bridgehead atoms. The lowest BCUT2D eigenvalue weighted by Gasteiger charge is -2.11. The Morgan fingerprint density at radius 2 is 1.68 bits per heavy atom. The number of hydrogen-bond donors (Lipinski definition) is 2. The first-order valence-electron chi connectivity index (χ1n) is 8.50. The lowest BCUT2D eigenvalue weighted by Crippen LogP contribution is -2.22. The number of unbranched alkanes of at least 4 members (excludes halogenated alkanes) is 4. The van der Waals surface area contributed by atoms with Crippen molar-refractivity contribution in [2.75, 3.05) is 46.7 Å². The average molecular weight is 464 g/mol. The first kappa shape index (κ1) is 23.8. The van der Waals surface area contributed by atoms with E-state index in [-0.39, 0.29) is 24.0 Å². The van der Waals surface area contributed by atoms with Gasteiger partial charge in [-0.3, -0.25) is 4.99 Å². The molecule has 0 atom stereocenters. The summed E-state index contributed by atoms with van der Waals surface area (Å²) in [5.41, 5.74) is 6.76. The largest absolute Gasteiger partial charge is 0.493 e. The van der Waals surface area contributed by atoms with Gasteiger partial charge in [-0.05, 0) is 45.6 Å². The minimum absolute atomic E-state index is 0. The summed E-state index contributed by atoms with van der Waals surface area (Å²) in [6.45, 7) is 1.92. The summed E-state index contributed by atoms with van der Waals surface area (Å²) in [5, 5.41) is 3.08. The van der Waals surface area contributed by atoms with Crippen molar-refractivity contribution < 1.29 is 9.47 Å². The number of rotatable bonds is 11. The molecule has 25 heavy (non-hydrogen) atoms. The molecule has 0 aliphatic rings. The first-order chi connectivity index (χ1) is 11.6. The number of nitrogens with two attached hydrogens (primary N) is 1. The molecule has 1 aromatic carbocycles. The van der Waals surface area contributed by atoms with E-state index in [9.17, 15) is 0 Å². The molecule has 0 unspecified atom stereocenters. The second-order valence-electron chi connectivity index (χ2n) is 6.03. The number of aliphatic imine (C=N–C) groups is 1. The fourth-order valence-corrected chi connectivity index (χ4v) is 2.37. The lowest BCUT2D eigenvalue weighted by molar-refractivity contribution is 0.355. The van der Waals surface area contributed by atoms with Crippen molar-refractivity contribution in [3.05, 3.63) is 18.2 Å². The molecule has 144 valence electrons. The Bertz CT molecular complexity index is 510. The fraction of sp³-hybridized carbons (Fsp3) is 0.611. The maximum Gasteiger partial charge on any atom is 0.193 e. The Balaban J connectivity index is 0.00000576. The zero-order valence-corrected chi connectivity index (χ0v) is 18.2. The molecule has 0 radical (unpaired) electrons. The van der Waals surface area contributed by atoms with Crippen molar-refractivity contribution in [1.82, 2.24) is 4.90 Å². The van der Waals surface area contributed by atoms with E-state index in [1.54, 1.807) is 14.2 Å². The maximum atomic E-state index is 5.92. The molecule has 0 heterocycles. The number of hydrogen-bond acceptors (Lipinski definition) is 4. The quantitative estimate of drug-likeness (QED) is 0.227. The van der Waals surface area contributed by atoms with Crippen LogP contribution in [-0.2, 0) is 0 Å². The minimum Gasteiger partial charge on any atom is -0.493 e. The molecule has 0 aliphatic carbocycles. The molecule has 0 aromatic heterocycles. The van der Waals surface area contributed by atoms with Gasteiger partial charge in [0.15, 0.2) is 17.5 Å². The molecule has 0 saturated heterocycles. The highest BCUT2D eigenvalue weighted by molar-refractivity contribution is 14.0. The number of benzene rings is 1. The number of halogens is 1. The minimum atomic E-state index is 0. The molecule has 6 nitrogen and oxygen atoms in total. The van der Waals surface area contributed by atoms with Gasteiger partial charge in [0.2, 0.25) is 0 Å². The second-order valence-corrected chi connectivity index (χ2v) is 6.03. The van der Waals surface area contributed by atoms with Crippen LogP contribution >= 0.6 is 24.0 Å². The van der Waals surface area contributed by atoms with Crippen molar-refractivity contribution in [3.63, 3.8) is 0 Å². The van der Waals surface area contributed by atoms with Crippen LogP contribution in [-0.4, -0.2) is 52.3 Å². The molecule has 0 aliphatic heterocycles. The van der Waals surface area contributed by atoms with E-state index in [0.29, 0.717) is 17.5 Å². The van der Waals surface area contributed by atoms with E-state index in [4.69, 9.17) is 15.2 Å². The zero-order chi connectivity index (χ0) is 17.8. The SMILES string of the molecule is COc1ccc(NC(N)=NCCCCCCCN(C)C)cc1OC.I. The van der Waals surface area contributed by atoms with Gasteiger partial charge < -0.3 is 25.4 Å². The molecule has 7 heteroatoms. The van der Waals surface area contributed by atoms with Gasteiger partial charge in [0.05, 0.1) is 14.2 Å². The van der Waals surface area contributed by atoms with Crippen molar-refractivity contribution in [2.45, 2.75) is 32.1 Å². The number of anilines is 1. The topological polar surface area (TPSA) is 72.1 Å². The summed E-state index contributed by atoms with van der Waals surface area (Å²) in [6.07, 6.45) is 6.06. The second kappa shape index (κ2) is 14.0. The molecule has 1 aromatic rings. The standard InChI is InChI=1S/C18H32N4O2.HI/c1-22(2)13-9-7-5-6-8-12-20-18(19)21-15-10-11-16(23-3)17(14-15)24-4;/h10-11,14H,5-9,12-13H2,1-4H3,(H3,19,20,21);1H. The van der Waals surface area contributed by atoms with E-state index < -0.39 is 0 Å². The lowest BCUT2D eigenvalue weighted by atomic mass is 10.1. The van der Waals surface area contributed by atoms with Crippen LogP contribution in [0.15, 0.2) is 23.2 Å². The van der Waals surface area contributed by atoms with Crippen LogP contribution in [0, 0.1) is 0 Å². The van der Waals surface area contributed by atoms with E-state index in [0.717, 1.165) is 18.7 Å². The Hall–Kier alpha value is -1.22. The summed E-state index contributed by atoms with van der Waals surface area (Å²) in [7, 11) is 7.45. The van der Waals surface area contributed by atoms with Gasteiger partial charge in [-0.15, -0.1) is 24.0 Å². The number of methoxy groups -OCH3 is 2. The predicted octanol–water partition coefficient (Wildman–Crippen LogP) is 3.56. The normalized spacial score (nSPS) is 11.2. The van der Waals surface area contributed by atoms with Gasteiger partial charge in [-0.2, -0.15) is 0 Å². The van der Waals surface area contributed by atoms with Gasteiger partial charge >= 0.3 is 0 Å². The fourth-order valence-electron chi connectivity index (χ4n) is 2.37. The smallest absolute Gasteiger partial charge is 0.193 e. The molecule has 0 fully saturated rings. The highest BCUT2D eigenvalue weighted by Crippen LogP contribution is 2.29. The first-order valence-corrected chi connectivity index (χ1v) is 8.50. The van der Waals surface area contributed by atoms with Gasteiger partial charge in [-0.1, -0.05) is 19.3 Å². The molecule has 0 amide bonds. The van der Waals surface area contributed by atoms with Crippen LogP contribution in [0.5, 0.6) is 11.5 Å². The molecular formula is C18H33IN4O2. The third-order valence-electron chi connectivity index (χ3n) is 3.70. The van der Waals surface area contributed by atoms with Crippen LogP contribution in [0.25, 0.3) is 0 Å². The molecular weight excluding hydrogens is 431 g/mol.